The Morgan fingerprint density at radius 1 is 1.50 bits per heavy atom. The van der Waals surface area contributed by atoms with E-state index in [9.17, 15) is 10.0 Å². The molecule has 0 aromatic carbocycles. The second kappa shape index (κ2) is 6.98. The molecule has 2 N–H and O–H groups in total. The SMILES string of the molecule is CCCC(N=c1ccccn1O)NC(=O)OC(C)(C)C. The van der Waals surface area contributed by atoms with Gasteiger partial charge in [0.2, 0.25) is 0 Å². The van der Waals surface area contributed by atoms with Gasteiger partial charge in [0, 0.05) is 6.20 Å². The fraction of sp³-hybridized carbons (Fsp3) is 0.571. The molecule has 1 heterocycles. The summed E-state index contributed by atoms with van der Waals surface area (Å²) in [4.78, 5) is 16.1. The van der Waals surface area contributed by atoms with Crippen LogP contribution in [-0.4, -0.2) is 27.8 Å². The maximum atomic E-state index is 11.8. The molecule has 0 aliphatic carbocycles. The summed E-state index contributed by atoms with van der Waals surface area (Å²) < 4.78 is 6.12. The normalized spacial score (nSPS) is 13.9. The molecule has 6 nitrogen and oxygen atoms in total. The molecule has 1 aromatic heterocycles. The molecule has 0 aliphatic heterocycles. The van der Waals surface area contributed by atoms with Crippen LogP contribution in [0, 0.1) is 0 Å². The van der Waals surface area contributed by atoms with Crippen molar-refractivity contribution in [2.75, 3.05) is 0 Å². The van der Waals surface area contributed by atoms with Gasteiger partial charge in [-0.05, 0) is 39.3 Å². The molecule has 0 aliphatic rings. The summed E-state index contributed by atoms with van der Waals surface area (Å²) >= 11 is 0. The van der Waals surface area contributed by atoms with Gasteiger partial charge >= 0.3 is 6.09 Å². The van der Waals surface area contributed by atoms with E-state index in [0.29, 0.717) is 11.9 Å². The van der Waals surface area contributed by atoms with E-state index in [-0.39, 0.29) is 0 Å². The van der Waals surface area contributed by atoms with Crippen LogP contribution in [0.4, 0.5) is 4.79 Å². The number of alkyl carbamates (subject to hydrolysis) is 1. The van der Waals surface area contributed by atoms with Crippen molar-refractivity contribution in [3.63, 3.8) is 0 Å². The number of hydrogen-bond donors (Lipinski definition) is 2. The Balaban J connectivity index is 2.83. The van der Waals surface area contributed by atoms with Crippen LogP contribution in [0.5, 0.6) is 0 Å². The first-order valence-electron chi connectivity index (χ1n) is 6.72. The number of carbonyl (C=O) groups excluding carboxylic acids is 1. The van der Waals surface area contributed by atoms with Crippen molar-refractivity contribution >= 4 is 6.09 Å². The molecule has 1 aromatic rings. The van der Waals surface area contributed by atoms with Gasteiger partial charge in [-0.3, -0.25) is 5.32 Å². The Morgan fingerprint density at radius 2 is 2.20 bits per heavy atom. The molecule has 1 rings (SSSR count). The Morgan fingerprint density at radius 3 is 2.75 bits per heavy atom. The topological polar surface area (TPSA) is 75.9 Å². The van der Waals surface area contributed by atoms with Crippen LogP contribution in [0.15, 0.2) is 29.4 Å². The van der Waals surface area contributed by atoms with Gasteiger partial charge in [0.05, 0.1) is 0 Å². The van der Waals surface area contributed by atoms with Gasteiger partial charge in [-0.15, -0.1) is 0 Å². The highest BCUT2D eigenvalue weighted by atomic mass is 16.6. The standard InChI is InChI=1S/C14H23N3O3/c1-5-8-11(16-13(18)20-14(2,3)4)15-12-9-6-7-10-17(12)19/h6-7,9-11,19H,5,8H2,1-4H3,(H,16,18). The zero-order valence-corrected chi connectivity index (χ0v) is 12.5. The summed E-state index contributed by atoms with van der Waals surface area (Å²) in [7, 11) is 0. The molecule has 0 saturated carbocycles. The van der Waals surface area contributed by atoms with Gasteiger partial charge in [0.15, 0.2) is 5.49 Å². The van der Waals surface area contributed by atoms with Gasteiger partial charge in [-0.25, -0.2) is 9.79 Å². The Kier molecular flexibility index (Phi) is 5.61. The van der Waals surface area contributed by atoms with Crippen molar-refractivity contribution in [2.45, 2.75) is 52.3 Å². The lowest BCUT2D eigenvalue weighted by atomic mass is 10.2. The maximum Gasteiger partial charge on any atom is 0.409 e. The summed E-state index contributed by atoms with van der Waals surface area (Å²) in [5.41, 5.74) is -0.174. The molecule has 1 amide bonds. The quantitative estimate of drug-likeness (QED) is 0.831. The minimum atomic E-state index is -0.551. The number of pyridine rings is 1. The number of carbonyl (C=O) groups is 1. The fourth-order valence-electron chi connectivity index (χ4n) is 1.57. The molecular weight excluding hydrogens is 258 g/mol. The molecule has 0 fully saturated rings. The molecule has 1 atom stereocenters. The largest absolute Gasteiger partial charge is 0.444 e. The van der Waals surface area contributed by atoms with E-state index in [1.54, 1.807) is 39.0 Å². The number of amides is 1. The van der Waals surface area contributed by atoms with Gasteiger partial charge < -0.3 is 9.94 Å². The van der Waals surface area contributed by atoms with E-state index in [4.69, 9.17) is 4.74 Å². The Hall–Kier alpha value is -1.98. The van der Waals surface area contributed by atoms with Crippen molar-refractivity contribution in [3.05, 3.63) is 29.9 Å². The minimum Gasteiger partial charge on any atom is -0.444 e. The average molecular weight is 281 g/mol. The monoisotopic (exact) mass is 281 g/mol. The molecule has 112 valence electrons. The van der Waals surface area contributed by atoms with Crippen molar-refractivity contribution < 1.29 is 14.7 Å². The summed E-state index contributed by atoms with van der Waals surface area (Å²) in [6.07, 6.45) is 2.04. The molecule has 6 heteroatoms. The van der Waals surface area contributed by atoms with Gasteiger partial charge in [0.25, 0.3) is 0 Å². The lowest BCUT2D eigenvalue weighted by Gasteiger charge is -2.21. The van der Waals surface area contributed by atoms with Crippen LogP contribution in [0.2, 0.25) is 0 Å². The van der Waals surface area contributed by atoms with Gasteiger partial charge in [-0.1, -0.05) is 19.4 Å². The van der Waals surface area contributed by atoms with Gasteiger partial charge in [0.1, 0.15) is 11.8 Å². The van der Waals surface area contributed by atoms with Crippen molar-refractivity contribution in [1.82, 2.24) is 10.0 Å². The predicted molar refractivity (Wildman–Crippen MR) is 75.2 cm³/mol. The van der Waals surface area contributed by atoms with E-state index < -0.39 is 17.9 Å². The molecule has 1 unspecified atom stereocenters. The summed E-state index contributed by atoms with van der Waals surface area (Å²) in [5, 5.41) is 12.3. The molecule has 0 spiro atoms. The predicted octanol–water partition coefficient (Wildman–Crippen LogP) is 2.28. The van der Waals surface area contributed by atoms with Crippen LogP contribution in [0.1, 0.15) is 40.5 Å². The highest BCUT2D eigenvalue weighted by Crippen LogP contribution is 2.07. The maximum absolute atomic E-state index is 11.8. The second-order valence-electron chi connectivity index (χ2n) is 5.48. The van der Waals surface area contributed by atoms with Crippen molar-refractivity contribution in [3.8, 4) is 0 Å². The zero-order chi connectivity index (χ0) is 15.2. The number of nitrogens with zero attached hydrogens (tertiary/aromatic N) is 2. The van der Waals surface area contributed by atoms with Crippen LogP contribution in [0.3, 0.4) is 0 Å². The highest BCUT2D eigenvalue weighted by molar-refractivity contribution is 5.68. The van der Waals surface area contributed by atoms with E-state index >= 15 is 0 Å². The molecular formula is C14H23N3O3. The molecule has 0 bridgehead atoms. The third-order valence-electron chi connectivity index (χ3n) is 2.35. The first-order chi connectivity index (χ1) is 9.31. The van der Waals surface area contributed by atoms with Crippen LogP contribution < -0.4 is 10.8 Å². The van der Waals surface area contributed by atoms with Crippen molar-refractivity contribution in [1.29, 1.82) is 0 Å². The third kappa shape index (κ3) is 5.77. The Bertz CT molecular complexity index is 503. The van der Waals surface area contributed by atoms with E-state index in [0.717, 1.165) is 11.2 Å². The number of ether oxygens (including phenoxy) is 1. The van der Waals surface area contributed by atoms with Crippen molar-refractivity contribution in [2.24, 2.45) is 4.99 Å². The minimum absolute atomic E-state index is 0.377. The first-order valence-corrected chi connectivity index (χ1v) is 6.72. The van der Waals surface area contributed by atoms with E-state index in [1.807, 2.05) is 6.92 Å². The second-order valence-corrected chi connectivity index (χ2v) is 5.48. The van der Waals surface area contributed by atoms with E-state index in [1.165, 1.54) is 6.20 Å². The lowest BCUT2D eigenvalue weighted by Crippen LogP contribution is -2.39. The fourth-order valence-corrected chi connectivity index (χ4v) is 1.57. The van der Waals surface area contributed by atoms with E-state index in [2.05, 4.69) is 10.3 Å². The molecule has 20 heavy (non-hydrogen) atoms. The molecule has 0 saturated heterocycles. The Labute approximate surface area is 119 Å². The first kappa shape index (κ1) is 16.1. The highest BCUT2D eigenvalue weighted by Gasteiger charge is 2.18. The number of hydrogen-bond acceptors (Lipinski definition) is 4. The number of rotatable bonds is 4. The average Bonchev–Trinajstić information content (AvgIpc) is 2.29. The van der Waals surface area contributed by atoms with Crippen LogP contribution in [0.25, 0.3) is 0 Å². The smallest absolute Gasteiger partial charge is 0.409 e. The summed E-state index contributed by atoms with van der Waals surface area (Å²) in [5.74, 6) is 0. The zero-order valence-electron chi connectivity index (χ0n) is 12.5. The summed E-state index contributed by atoms with van der Waals surface area (Å²) in [6, 6.07) is 5.12. The van der Waals surface area contributed by atoms with Crippen LogP contribution in [-0.2, 0) is 4.74 Å². The van der Waals surface area contributed by atoms with Gasteiger partial charge in [-0.2, -0.15) is 4.73 Å². The van der Waals surface area contributed by atoms with Crippen LogP contribution >= 0.6 is 0 Å². The molecule has 0 radical (unpaired) electrons. The summed E-state index contributed by atoms with van der Waals surface area (Å²) in [6.45, 7) is 7.41. The third-order valence-corrected chi connectivity index (χ3v) is 2.35. The lowest BCUT2D eigenvalue weighted by molar-refractivity contribution is 0.0501. The number of aromatic nitrogens is 1. The number of nitrogens with one attached hydrogen (secondary N) is 1.